The van der Waals surface area contributed by atoms with Gasteiger partial charge in [0.25, 0.3) is 5.91 Å². The Morgan fingerprint density at radius 1 is 0.875 bits per heavy atom. The first kappa shape index (κ1) is 23.7. The summed E-state index contributed by atoms with van der Waals surface area (Å²) in [5, 5.41) is 8.81. The Kier molecular flexibility index (Phi) is 7.13. The van der Waals surface area contributed by atoms with Gasteiger partial charge in [-0.05, 0) is 67.6 Å². The maximum absolute atomic E-state index is 13.9. The number of hydroxylamine groups is 1. The predicted octanol–water partition coefficient (Wildman–Crippen LogP) is 4.43. The summed E-state index contributed by atoms with van der Waals surface area (Å²) in [7, 11) is -3.81. The third-order valence-electron chi connectivity index (χ3n) is 5.49. The number of amides is 1. The van der Waals surface area contributed by atoms with Crippen LogP contribution in [0.4, 0.5) is 0 Å². The van der Waals surface area contributed by atoms with Crippen LogP contribution in [0.1, 0.15) is 43.7 Å². The molecule has 0 radical (unpaired) electrons. The largest absolute Gasteiger partial charge is 0.288 e. The third kappa shape index (κ3) is 5.07. The molecule has 1 amide bonds. The Bertz CT molecular complexity index is 1210. The van der Waals surface area contributed by atoms with Crippen LogP contribution >= 0.6 is 0 Å². The van der Waals surface area contributed by atoms with E-state index in [1.165, 1.54) is 4.31 Å². The topological polar surface area (TPSA) is 86.7 Å². The van der Waals surface area contributed by atoms with Crippen molar-refractivity contribution >= 4 is 15.9 Å². The molecule has 168 valence electrons. The molecule has 0 unspecified atom stereocenters. The minimum absolute atomic E-state index is 0.143. The average Bonchev–Trinajstić information content (AvgIpc) is 2.73. The number of carbonyl (C=O) groups is 1. The SMILES string of the molecule is Cc1cc(C)c(S(=O)(=O)N(Cc2ccc(C(=O)NO)cc2)Cc2ccccc2C)c(C)c1. The number of hydrogen-bond acceptors (Lipinski definition) is 4. The highest BCUT2D eigenvalue weighted by Gasteiger charge is 2.28. The Balaban J connectivity index is 2.04. The lowest BCUT2D eigenvalue weighted by molar-refractivity contribution is 0.0706. The van der Waals surface area contributed by atoms with Crippen LogP contribution < -0.4 is 5.48 Å². The first-order chi connectivity index (χ1) is 15.1. The van der Waals surface area contributed by atoms with Gasteiger partial charge in [-0.3, -0.25) is 10.0 Å². The van der Waals surface area contributed by atoms with Crippen molar-refractivity contribution in [1.29, 1.82) is 0 Å². The van der Waals surface area contributed by atoms with E-state index in [1.54, 1.807) is 29.7 Å². The first-order valence-electron chi connectivity index (χ1n) is 10.3. The highest BCUT2D eigenvalue weighted by Crippen LogP contribution is 2.28. The van der Waals surface area contributed by atoms with Crippen molar-refractivity contribution in [3.05, 3.63) is 99.6 Å². The summed E-state index contributed by atoms with van der Waals surface area (Å²) in [5.41, 5.74) is 7.01. The van der Waals surface area contributed by atoms with Crippen molar-refractivity contribution in [2.75, 3.05) is 0 Å². The summed E-state index contributed by atoms with van der Waals surface area (Å²) in [6, 6.07) is 18.0. The Hall–Kier alpha value is -3.00. The van der Waals surface area contributed by atoms with Crippen molar-refractivity contribution in [3.63, 3.8) is 0 Å². The summed E-state index contributed by atoms with van der Waals surface area (Å²) in [6.07, 6.45) is 0. The van der Waals surface area contributed by atoms with E-state index in [0.29, 0.717) is 16.0 Å². The minimum Gasteiger partial charge on any atom is -0.288 e. The lowest BCUT2D eigenvalue weighted by Crippen LogP contribution is -2.31. The molecule has 0 atom stereocenters. The Morgan fingerprint density at radius 3 is 2.03 bits per heavy atom. The van der Waals surface area contributed by atoms with E-state index in [4.69, 9.17) is 5.21 Å². The van der Waals surface area contributed by atoms with Crippen molar-refractivity contribution in [3.8, 4) is 0 Å². The normalized spacial score (nSPS) is 11.6. The van der Waals surface area contributed by atoms with E-state index in [0.717, 1.165) is 22.3 Å². The number of sulfonamides is 1. The standard InChI is InChI=1S/C25H28N2O4S/c1-17-13-19(3)24(20(4)14-17)32(30,31)27(16-23-8-6-5-7-18(23)2)15-21-9-11-22(12-10-21)25(28)26-29/h5-14,29H,15-16H2,1-4H3,(H,26,28). The fourth-order valence-electron chi connectivity index (χ4n) is 3.94. The van der Waals surface area contributed by atoms with Crippen molar-refractivity contribution in [2.45, 2.75) is 45.7 Å². The Labute approximate surface area is 189 Å². The fraction of sp³-hybridized carbons (Fsp3) is 0.240. The molecule has 0 aliphatic heterocycles. The summed E-state index contributed by atoms with van der Waals surface area (Å²) in [6.45, 7) is 7.92. The molecule has 0 bridgehead atoms. The number of nitrogens with one attached hydrogen (secondary N) is 1. The molecule has 7 heteroatoms. The van der Waals surface area contributed by atoms with Crippen LogP contribution in [0.5, 0.6) is 0 Å². The minimum atomic E-state index is -3.81. The number of hydrogen-bond donors (Lipinski definition) is 2. The number of rotatable bonds is 7. The highest BCUT2D eigenvalue weighted by atomic mass is 32.2. The van der Waals surface area contributed by atoms with Gasteiger partial charge in [0.05, 0.1) is 4.90 Å². The van der Waals surface area contributed by atoms with E-state index < -0.39 is 15.9 Å². The van der Waals surface area contributed by atoms with Gasteiger partial charge < -0.3 is 0 Å². The maximum Gasteiger partial charge on any atom is 0.274 e. The Morgan fingerprint density at radius 2 is 1.47 bits per heavy atom. The highest BCUT2D eigenvalue weighted by molar-refractivity contribution is 7.89. The molecule has 0 aromatic heterocycles. The molecule has 0 heterocycles. The van der Waals surface area contributed by atoms with Crippen LogP contribution in [0.25, 0.3) is 0 Å². The van der Waals surface area contributed by atoms with Crippen molar-refractivity contribution < 1.29 is 18.4 Å². The molecular weight excluding hydrogens is 424 g/mol. The van der Waals surface area contributed by atoms with Gasteiger partial charge in [-0.25, -0.2) is 13.9 Å². The predicted molar refractivity (Wildman–Crippen MR) is 124 cm³/mol. The van der Waals surface area contributed by atoms with Gasteiger partial charge in [0.2, 0.25) is 10.0 Å². The molecule has 32 heavy (non-hydrogen) atoms. The van der Waals surface area contributed by atoms with E-state index in [-0.39, 0.29) is 18.7 Å². The van der Waals surface area contributed by atoms with Crippen LogP contribution in [0.2, 0.25) is 0 Å². The van der Waals surface area contributed by atoms with Gasteiger partial charge >= 0.3 is 0 Å². The molecule has 0 spiro atoms. The summed E-state index contributed by atoms with van der Waals surface area (Å²) in [5.74, 6) is -0.619. The number of nitrogens with zero attached hydrogens (tertiary/aromatic N) is 1. The number of carbonyl (C=O) groups excluding carboxylic acids is 1. The fourth-order valence-corrected chi connectivity index (χ4v) is 5.75. The number of benzene rings is 3. The van der Waals surface area contributed by atoms with Crippen LogP contribution in [0.15, 0.2) is 65.6 Å². The molecule has 0 aliphatic carbocycles. The number of aryl methyl sites for hydroxylation is 4. The lowest BCUT2D eigenvalue weighted by Gasteiger charge is -2.25. The van der Waals surface area contributed by atoms with Crippen LogP contribution in [-0.2, 0) is 23.1 Å². The first-order valence-corrected chi connectivity index (χ1v) is 11.7. The summed E-state index contributed by atoms with van der Waals surface area (Å²) >= 11 is 0. The maximum atomic E-state index is 13.9. The second kappa shape index (κ2) is 9.65. The lowest BCUT2D eigenvalue weighted by atomic mass is 10.1. The van der Waals surface area contributed by atoms with E-state index in [2.05, 4.69) is 0 Å². The molecule has 0 saturated heterocycles. The average molecular weight is 453 g/mol. The van der Waals surface area contributed by atoms with E-state index in [9.17, 15) is 13.2 Å². The molecule has 0 saturated carbocycles. The van der Waals surface area contributed by atoms with Gasteiger partial charge in [0.15, 0.2) is 0 Å². The van der Waals surface area contributed by atoms with Crippen molar-refractivity contribution in [2.24, 2.45) is 0 Å². The molecule has 2 N–H and O–H groups in total. The van der Waals surface area contributed by atoms with Crippen LogP contribution in [0, 0.1) is 27.7 Å². The zero-order valence-corrected chi connectivity index (χ0v) is 19.5. The third-order valence-corrected chi connectivity index (χ3v) is 7.58. The quantitative estimate of drug-likeness (QED) is 0.410. The summed E-state index contributed by atoms with van der Waals surface area (Å²) < 4.78 is 29.2. The molecule has 0 aliphatic rings. The zero-order valence-electron chi connectivity index (χ0n) is 18.7. The van der Waals surface area contributed by atoms with E-state index in [1.807, 2.05) is 64.1 Å². The molecule has 3 rings (SSSR count). The zero-order chi connectivity index (χ0) is 23.5. The van der Waals surface area contributed by atoms with Gasteiger partial charge in [0.1, 0.15) is 0 Å². The smallest absolute Gasteiger partial charge is 0.274 e. The molecular formula is C25H28N2O4S. The van der Waals surface area contributed by atoms with E-state index >= 15 is 0 Å². The molecule has 6 nitrogen and oxygen atoms in total. The van der Waals surface area contributed by atoms with Gasteiger partial charge in [-0.2, -0.15) is 4.31 Å². The molecule has 0 fully saturated rings. The van der Waals surface area contributed by atoms with Gasteiger partial charge in [-0.15, -0.1) is 0 Å². The molecule has 3 aromatic rings. The van der Waals surface area contributed by atoms with Gasteiger partial charge in [0, 0.05) is 18.7 Å². The van der Waals surface area contributed by atoms with Crippen LogP contribution in [0.3, 0.4) is 0 Å². The summed E-state index contributed by atoms with van der Waals surface area (Å²) in [4.78, 5) is 11.9. The molecule has 3 aromatic carbocycles. The second-order valence-electron chi connectivity index (χ2n) is 8.07. The van der Waals surface area contributed by atoms with Crippen molar-refractivity contribution in [1.82, 2.24) is 9.79 Å². The second-order valence-corrected chi connectivity index (χ2v) is 9.94. The monoisotopic (exact) mass is 452 g/mol. The van der Waals surface area contributed by atoms with Crippen LogP contribution in [-0.4, -0.2) is 23.8 Å². The van der Waals surface area contributed by atoms with Gasteiger partial charge in [-0.1, -0.05) is 54.1 Å².